The van der Waals surface area contributed by atoms with Crippen molar-refractivity contribution in [3.8, 4) is 0 Å². The lowest BCUT2D eigenvalue weighted by atomic mass is 10.0. The minimum Gasteiger partial charge on any atom is -0.320 e. The van der Waals surface area contributed by atoms with Crippen molar-refractivity contribution in [2.75, 3.05) is 27.2 Å². The molecule has 0 bridgehead atoms. The number of rotatable bonds is 7. The van der Waals surface area contributed by atoms with Crippen LogP contribution in [0.4, 0.5) is 0 Å². The van der Waals surface area contributed by atoms with Crippen LogP contribution in [0.2, 0.25) is 5.02 Å². The van der Waals surface area contributed by atoms with Crippen molar-refractivity contribution in [3.05, 3.63) is 34.9 Å². The van der Waals surface area contributed by atoms with Gasteiger partial charge in [0.05, 0.1) is 0 Å². The number of hydrogen-bond acceptors (Lipinski definition) is 2. The average molecular weight is 255 g/mol. The molecule has 0 aliphatic heterocycles. The first-order valence-electron chi connectivity index (χ1n) is 6.29. The fourth-order valence-corrected chi connectivity index (χ4v) is 2.38. The monoisotopic (exact) mass is 254 g/mol. The van der Waals surface area contributed by atoms with E-state index in [1.807, 2.05) is 19.2 Å². The maximum absolute atomic E-state index is 6.05. The van der Waals surface area contributed by atoms with E-state index >= 15 is 0 Å². The fraction of sp³-hybridized carbons (Fsp3) is 0.571. The molecule has 0 aliphatic rings. The Balaban J connectivity index is 2.63. The minimum atomic E-state index is 0.463. The molecule has 1 aromatic rings. The molecule has 3 heteroatoms. The largest absolute Gasteiger partial charge is 0.320 e. The van der Waals surface area contributed by atoms with Crippen molar-refractivity contribution in [1.82, 2.24) is 10.2 Å². The molecular weight excluding hydrogens is 232 g/mol. The summed E-state index contributed by atoms with van der Waals surface area (Å²) in [4.78, 5) is 2.41. The summed E-state index contributed by atoms with van der Waals surface area (Å²) in [5.41, 5.74) is 1.31. The first-order valence-corrected chi connectivity index (χ1v) is 6.67. The van der Waals surface area contributed by atoms with Gasteiger partial charge in [-0.05, 0) is 57.7 Å². The van der Waals surface area contributed by atoms with Crippen LogP contribution in [0, 0.1) is 0 Å². The summed E-state index contributed by atoms with van der Waals surface area (Å²) in [6, 6.07) is 8.66. The highest BCUT2D eigenvalue weighted by atomic mass is 35.5. The van der Waals surface area contributed by atoms with Crippen LogP contribution < -0.4 is 5.32 Å². The Bertz CT molecular complexity index is 328. The van der Waals surface area contributed by atoms with Crippen LogP contribution in [0.15, 0.2) is 24.3 Å². The first-order chi connectivity index (χ1) is 8.19. The van der Waals surface area contributed by atoms with Gasteiger partial charge in [0.2, 0.25) is 0 Å². The SMILES string of the molecule is CCC(c1cccc(Cl)c1)N(C)CCCNC. The molecule has 0 saturated carbocycles. The van der Waals surface area contributed by atoms with Crippen LogP contribution >= 0.6 is 11.6 Å². The second-order valence-corrected chi connectivity index (χ2v) is 4.85. The van der Waals surface area contributed by atoms with Crippen molar-refractivity contribution >= 4 is 11.6 Å². The zero-order chi connectivity index (χ0) is 12.7. The van der Waals surface area contributed by atoms with E-state index in [9.17, 15) is 0 Å². The van der Waals surface area contributed by atoms with Gasteiger partial charge in [0.25, 0.3) is 0 Å². The molecule has 0 radical (unpaired) electrons. The highest BCUT2D eigenvalue weighted by Gasteiger charge is 2.14. The lowest BCUT2D eigenvalue weighted by Crippen LogP contribution is -2.27. The minimum absolute atomic E-state index is 0.463. The Morgan fingerprint density at radius 1 is 1.41 bits per heavy atom. The number of nitrogens with one attached hydrogen (secondary N) is 1. The van der Waals surface area contributed by atoms with E-state index in [2.05, 4.69) is 36.3 Å². The van der Waals surface area contributed by atoms with Crippen LogP contribution in [0.25, 0.3) is 0 Å². The van der Waals surface area contributed by atoms with E-state index in [1.54, 1.807) is 0 Å². The molecule has 2 nitrogen and oxygen atoms in total. The van der Waals surface area contributed by atoms with Gasteiger partial charge in [0, 0.05) is 11.1 Å². The fourth-order valence-electron chi connectivity index (χ4n) is 2.18. The molecule has 17 heavy (non-hydrogen) atoms. The van der Waals surface area contributed by atoms with Crippen LogP contribution in [0.5, 0.6) is 0 Å². The van der Waals surface area contributed by atoms with Crippen LogP contribution in [0.1, 0.15) is 31.4 Å². The molecule has 96 valence electrons. The molecule has 0 fully saturated rings. The van der Waals surface area contributed by atoms with E-state index in [-0.39, 0.29) is 0 Å². The summed E-state index contributed by atoms with van der Waals surface area (Å²) in [6.45, 7) is 4.39. The summed E-state index contributed by atoms with van der Waals surface area (Å²) in [5, 5.41) is 4.00. The second-order valence-electron chi connectivity index (χ2n) is 4.42. The zero-order valence-corrected chi connectivity index (χ0v) is 11.8. The Labute approximate surface area is 110 Å². The topological polar surface area (TPSA) is 15.3 Å². The van der Waals surface area contributed by atoms with E-state index in [1.165, 1.54) is 12.0 Å². The lowest BCUT2D eigenvalue weighted by Gasteiger charge is -2.27. The van der Waals surface area contributed by atoms with E-state index < -0.39 is 0 Å². The van der Waals surface area contributed by atoms with E-state index in [0.29, 0.717) is 6.04 Å². The van der Waals surface area contributed by atoms with Gasteiger partial charge in [-0.3, -0.25) is 4.90 Å². The summed E-state index contributed by atoms with van der Waals surface area (Å²) in [5.74, 6) is 0. The third kappa shape index (κ3) is 4.66. The Morgan fingerprint density at radius 3 is 2.76 bits per heavy atom. The van der Waals surface area contributed by atoms with E-state index in [0.717, 1.165) is 24.5 Å². The van der Waals surface area contributed by atoms with Gasteiger partial charge < -0.3 is 5.32 Å². The number of nitrogens with zero attached hydrogens (tertiary/aromatic N) is 1. The second kappa shape index (κ2) is 7.70. The van der Waals surface area contributed by atoms with Crippen molar-refractivity contribution in [2.24, 2.45) is 0 Å². The lowest BCUT2D eigenvalue weighted by molar-refractivity contribution is 0.236. The van der Waals surface area contributed by atoms with Gasteiger partial charge >= 0.3 is 0 Å². The van der Waals surface area contributed by atoms with Crippen LogP contribution in [-0.2, 0) is 0 Å². The average Bonchev–Trinajstić information content (AvgIpc) is 2.30. The van der Waals surface area contributed by atoms with Gasteiger partial charge in [-0.2, -0.15) is 0 Å². The molecular formula is C14H23ClN2. The van der Waals surface area contributed by atoms with E-state index in [4.69, 9.17) is 11.6 Å². The molecule has 1 aromatic carbocycles. The predicted molar refractivity (Wildman–Crippen MR) is 75.7 cm³/mol. The highest BCUT2D eigenvalue weighted by Crippen LogP contribution is 2.25. The molecule has 0 heterocycles. The maximum Gasteiger partial charge on any atom is 0.0409 e. The molecule has 0 aromatic heterocycles. The summed E-state index contributed by atoms with van der Waals surface area (Å²) < 4.78 is 0. The third-order valence-corrected chi connectivity index (χ3v) is 3.32. The summed E-state index contributed by atoms with van der Waals surface area (Å²) in [6.07, 6.45) is 2.28. The van der Waals surface area contributed by atoms with Crippen molar-refractivity contribution in [2.45, 2.75) is 25.8 Å². The van der Waals surface area contributed by atoms with Gasteiger partial charge in [0.15, 0.2) is 0 Å². The molecule has 0 amide bonds. The quantitative estimate of drug-likeness (QED) is 0.751. The maximum atomic E-state index is 6.05. The molecule has 1 unspecified atom stereocenters. The molecule has 1 N–H and O–H groups in total. The van der Waals surface area contributed by atoms with Gasteiger partial charge in [-0.25, -0.2) is 0 Å². The smallest absolute Gasteiger partial charge is 0.0409 e. The molecule has 0 saturated heterocycles. The van der Waals surface area contributed by atoms with Crippen LogP contribution in [-0.4, -0.2) is 32.1 Å². The predicted octanol–water partition coefficient (Wildman–Crippen LogP) is 3.33. The molecule has 1 rings (SSSR count). The number of hydrogen-bond donors (Lipinski definition) is 1. The van der Waals surface area contributed by atoms with Crippen molar-refractivity contribution < 1.29 is 0 Å². The van der Waals surface area contributed by atoms with Crippen LogP contribution in [0.3, 0.4) is 0 Å². The van der Waals surface area contributed by atoms with Gasteiger partial charge in [0.1, 0.15) is 0 Å². The van der Waals surface area contributed by atoms with Gasteiger partial charge in [-0.1, -0.05) is 30.7 Å². The number of benzene rings is 1. The normalized spacial score (nSPS) is 13.0. The Kier molecular flexibility index (Phi) is 6.56. The van der Waals surface area contributed by atoms with Crippen molar-refractivity contribution in [1.29, 1.82) is 0 Å². The molecule has 0 aliphatic carbocycles. The summed E-state index contributed by atoms with van der Waals surface area (Å²) in [7, 11) is 4.18. The first kappa shape index (κ1) is 14.5. The number of halogens is 1. The standard InChI is InChI=1S/C14H23ClN2/c1-4-14(17(3)10-6-9-16-2)12-7-5-8-13(15)11-12/h5,7-8,11,14,16H,4,6,9-10H2,1-3H3. The third-order valence-electron chi connectivity index (χ3n) is 3.09. The van der Waals surface area contributed by atoms with Crippen molar-refractivity contribution in [3.63, 3.8) is 0 Å². The molecule has 1 atom stereocenters. The molecule has 0 spiro atoms. The van der Waals surface area contributed by atoms with Gasteiger partial charge in [-0.15, -0.1) is 0 Å². The Morgan fingerprint density at radius 2 is 2.18 bits per heavy atom. The zero-order valence-electron chi connectivity index (χ0n) is 11.0. The Hall–Kier alpha value is -0.570. The summed E-state index contributed by atoms with van der Waals surface area (Å²) >= 11 is 6.05. The highest BCUT2D eigenvalue weighted by molar-refractivity contribution is 6.30.